The van der Waals surface area contributed by atoms with Crippen LogP contribution in [0.15, 0.2) is 76.6 Å². The monoisotopic (exact) mass is 432 g/mol. The SMILES string of the molecule is CC(=Nc1cc(Cl)cc(Cl)c1)c1ccc(NS(=O)(=O)c2ccc(C)cc2)cc1. The van der Waals surface area contributed by atoms with Crippen molar-refractivity contribution in [3.05, 3.63) is 87.9 Å². The van der Waals surface area contributed by atoms with Gasteiger partial charge < -0.3 is 0 Å². The molecule has 0 heterocycles. The maximum Gasteiger partial charge on any atom is 0.261 e. The van der Waals surface area contributed by atoms with Gasteiger partial charge in [-0.1, -0.05) is 53.0 Å². The minimum absolute atomic E-state index is 0.220. The summed E-state index contributed by atoms with van der Waals surface area (Å²) in [4.78, 5) is 4.74. The molecule has 4 nitrogen and oxygen atoms in total. The fraction of sp³-hybridized carbons (Fsp3) is 0.0952. The molecule has 7 heteroatoms. The van der Waals surface area contributed by atoms with Gasteiger partial charge in [0.15, 0.2) is 0 Å². The number of halogens is 2. The maximum atomic E-state index is 12.5. The van der Waals surface area contributed by atoms with Crippen LogP contribution in [0.4, 0.5) is 11.4 Å². The molecule has 0 aliphatic carbocycles. The van der Waals surface area contributed by atoms with Crippen LogP contribution in [-0.2, 0) is 10.0 Å². The molecule has 144 valence electrons. The van der Waals surface area contributed by atoms with Crippen LogP contribution in [0.1, 0.15) is 18.1 Å². The summed E-state index contributed by atoms with van der Waals surface area (Å²) in [5.74, 6) is 0. The van der Waals surface area contributed by atoms with Gasteiger partial charge in [0.05, 0.1) is 10.6 Å². The summed E-state index contributed by atoms with van der Waals surface area (Å²) >= 11 is 12.0. The predicted octanol–water partition coefficient (Wildman–Crippen LogP) is 6.24. The Labute approximate surface area is 174 Å². The van der Waals surface area contributed by atoms with E-state index in [1.165, 1.54) is 0 Å². The summed E-state index contributed by atoms with van der Waals surface area (Å²) in [6, 6.07) is 18.8. The van der Waals surface area contributed by atoms with Crippen molar-refractivity contribution in [3.63, 3.8) is 0 Å². The first-order valence-corrected chi connectivity index (χ1v) is 10.7. The molecule has 3 aromatic rings. The van der Waals surface area contributed by atoms with E-state index in [1.54, 1.807) is 66.7 Å². The zero-order valence-corrected chi connectivity index (χ0v) is 17.6. The Morgan fingerprint density at radius 1 is 0.893 bits per heavy atom. The van der Waals surface area contributed by atoms with Gasteiger partial charge in [0.1, 0.15) is 0 Å². The molecule has 0 atom stereocenters. The van der Waals surface area contributed by atoms with E-state index >= 15 is 0 Å². The van der Waals surface area contributed by atoms with Crippen LogP contribution < -0.4 is 4.72 Å². The lowest BCUT2D eigenvalue weighted by Crippen LogP contribution is -2.13. The second kappa shape index (κ2) is 8.35. The smallest absolute Gasteiger partial charge is 0.261 e. The van der Waals surface area contributed by atoms with Crippen molar-refractivity contribution < 1.29 is 8.42 Å². The molecule has 0 spiro atoms. The van der Waals surface area contributed by atoms with E-state index < -0.39 is 10.0 Å². The highest BCUT2D eigenvalue weighted by molar-refractivity contribution is 7.92. The summed E-state index contributed by atoms with van der Waals surface area (Å²) in [6.45, 7) is 3.77. The zero-order valence-electron chi connectivity index (χ0n) is 15.3. The molecule has 28 heavy (non-hydrogen) atoms. The van der Waals surface area contributed by atoms with E-state index in [0.29, 0.717) is 21.4 Å². The van der Waals surface area contributed by atoms with Gasteiger partial charge >= 0.3 is 0 Å². The van der Waals surface area contributed by atoms with E-state index in [4.69, 9.17) is 23.2 Å². The fourth-order valence-corrected chi connectivity index (χ4v) is 4.15. The van der Waals surface area contributed by atoms with Crippen molar-refractivity contribution in [2.45, 2.75) is 18.7 Å². The van der Waals surface area contributed by atoms with Gasteiger partial charge in [-0.05, 0) is 61.9 Å². The standard InChI is InChI=1S/C21H18Cl2N2O2S/c1-14-3-9-21(10-4-14)28(26,27)25-19-7-5-16(6-8-19)15(2)24-20-12-17(22)11-18(23)13-20/h3-13,25H,1-2H3. The third-order valence-corrected chi connectivity index (χ3v) is 5.86. The van der Waals surface area contributed by atoms with Crippen LogP contribution in [0.2, 0.25) is 10.0 Å². The minimum Gasteiger partial charge on any atom is -0.280 e. The number of hydrogen-bond donors (Lipinski definition) is 1. The Morgan fingerprint density at radius 2 is 1.46 bits per heavy atom. The predicted molar refractivity (Wildman–Crippen MR) is 117 cm³/mol. The summed E-state index contributed by atoms with van der Waals surface area (Å²) in [5, 5.41) is 1.03. The van der Waals surface area contributed by atoms with Gasteiger partial charge in [0.2, 0.25) is 0 Å². The summed E-state index contributed by atoms with van der Waals surface area (Å²) in [7, 11) is -3.63. The molecule has 0 aliphatic heterocycles. The Balaban J connectivity index is 1.79. The molecule has 0 radical (unpaired) electrons. The first kappa shape index (κ1) is 20.4. The Hall–Kier alpha value is -2.34. The number of rotatable bonds is 5. The van der Waals surface area contributed by atoms with Gasteiger partial charge in [-0.2, -0.15) is 0 Å². The van der Waals surface area contributed by atoms with Gasteiger partial charge in [-0.25, -0.2) is 8.42 Å². The second-order valence-corrected chi connectivity index (χ2v) is 8.88. The van der Waals surface area contributed by atoms with Gasteiger partial charge in [0.25, 0.3) is 10.0 Å². The maximum absolute atomic E-state index is 12.5. The lowest BCUT2D eigenvalue weighted by Gasteiger charge is -2.09. The summed E-state index contributed by atoms with van der Waals surface area (Å²) in [6.07, 6.45) is 0. The molecule has 3 aromatic carbocycles. The highest BCUT2D eigenvalue weighted by Gasteiger charge is 2.13. The molecule has 0 aliphatic rings. The Kier molecular flexibility index (Phi) is 6.08. The molecule has 0 aromatic heterocycles. The molecule has 0 unspecified atom stereocenters. The van der Waals surface area contributed by atoms with Crippen molar-refractivity contribution >= 4 is 50.3 Å². The number of anilines is 1. The molecule has 0 saturated carbocycles. The van der Waals surface area contributed by atoms with Gasteiger partial charge in [-0.15, -0.1) is 0 Å². The normalized spacial score (nSPS) is 12.1. The quantitative estimate of drug-likeness (QED) is 0.484. The minimum atomic E-state index is -3.63. The van der Waals surface area contributed by atoms with E-state index in [1.807, 2.05) is 13.8 Å². The molecule has 0 amide bonds. The van der Waals surface area contributed by atoms with Crippen LogP contribution in [0.3, 0.4) is 0 Å². The molecule has 0 fully saturated rings. The highest BCUT2D eigenvalue weighted by atomic mass is 35.5. The fourth-order valence-electron chi connectivity index (χ4n) is 2.57. The second-order valence-electron chi connectivity index (χ2n) is 6.32. The number of benzene rings is 3. The van der Waals surface area contributed by atoms with Crippen molar-refractivity contribution in [3.8, 4) is 0 Å². The Morgan fingerprint density at radius 3 is 2.04 bits per heavy atom. The van der Waals surface area contributed by atoms with Gasteiger partial charge in [0, 0.05) is 21.4 Å². The number of aryl methyl sites for hydroxylation is 1. The van der Waals surface area contributed by atoms with Crippen LogP contribution in [-0.4, -0.2) is 14.1 Å². The van der Waals surface area contributed by atoms with Crippen molar-refractivity contribution in [1.29, 1.82) is 0 Å². The molecule has 1 N–H and O–H groups in total. The van der Waals surface area contributed by atoms with Crippen molar-refractivity contribution in [1.82, 2.24) is 0 Å². The molecule has 3 rings (SSSR count). The number of hydrogen-bond acceptors (Lipinski definition) is 3. The number of nitrogens with one attached hydrogen (secondary N) is 1. The van der Waals surface area contributed by atoms with E-state index in [9.17, 15) is 8.42 Å². The third kappa shape index (κ3) is 5.13. The highest BCUT2D eigenvalue weighted by Crippen LogP contribution is 2.25. The summed E-state index contributed by atoms with van der Waals surface area (Å²) < 4.78 is 27.5. The number of aliphatic imine (C=N–C) groups is 1. The van der Waals surface area contributed by atoms with Crippen LogP contribution >= 0.6 is 23.2 Å². The number of sulfonamides is 1. The molecule has 0 saturated heterocycles. The third-order valence-electron chi connectivity index (χ3n) is 4.03. The Bertz CT molecular complexity index is 1100. The van der Waals surface area contributed by atoms with Gasteiger partial charge in [-0.3, -0.25) is 9.71 Å². The van der Waals surface area contributed by atoms with E-state index in [2.05, 4.69) is 9.71 Å². The first-order valence-electron chi connectivity index (χ1n) is 8.44. The lowest BCUT2D eigenvalue weighted by atomic mass is 10.1. The summed E-state index contributed by atoms with van der Waals surface area (Å²) in [5.41, 5.74) is 3.74. The lowest BCUT2D eigenvalue weighted by molar-refractivity contribution is 0.601. The largest absolute Gasteiger partial charge is 0.280 e. The van der Waals surface area contributed by atoms with Crippen LogP contribution in [0, 0.1) is 6.92 Å². The van der Waals surface area contributed by atoms with Crippen LogP contribution in [0.25, 0.3) is 0 Å². The topological polar surface area (TPSA) is 58.5 Å². The number of nitrogens with zero attached hydrogens (tertiary/aromatic N) is 1. The zero-order chi connectivity index (χ0) is 20.3. The van der Waals surface area contributed by atoms with Crippen LogP contribution in [0.5, 0.6) is 0 Å². The average molecular weight is 433 g/mol. The van der Waals surface area contributed by atoms with E-state index in [-0.39, 0.29) is 4.90 Å². The van der Waals surface area contributed by atoms with Crippen molar-refractivity contribution in [2.75, 3.05) is 4.72 Å². The first-order chi connectivity index (χ1) is 13.2. The van der Waals surface area contributed by atoms with E-state index in [0.717, 1.165) is 16.8 Å². The molecular formula is C21H18Cl2N2O2S. The average Bonchev–Trinajstić information content (AvgIpc) is 2.61. The molecular weight excluding hydrogens is 415 g/mol. The molecule has 0 bridgehead atoms. The van der Waals surface area contributed by atoms with Crippen molar-refractivity contribution in [2.24, 2.45) is 4.99 Å².